The lowest BCUT2D eigenvalue weighted by Gasteiger charge is -2.12. The number of rotatable bonds is 3. The highest BCUT2D eigenvalue weighted by molar-refractivity contribution is 5.78. The fourth-order valence-corrected chi connectivity index (χ4v) is 3.60. The van der Waals surface area contributed by atoms with E-state index in [-0.39, 0.29) is 0 Å². The zero-order valence-corrected chi connectivity index (χ0v) is 15.2. The van der Waals surface area contributed by atoms with Crippen molar-refractivity contribution in [3.05, 3.63) is 70.8 Å². The van der Waals surface area contributed by atoms with Crippen LogP contribution < -0.4 is 9.72 Å². The summed E-state index contributed by atoms with van der Waals surface area (Å²) in [5, 5.41) is 13.4. The van der Waals surface area contributed by atoms with E-state index in [4.69, 9.17) is 0 Å². The highest BCUT2D eigenvalue weighted by Crippen LogP contribution is 2.28. The predicted molar refractivity (Wildman–Crippen MR) is 105 cm³/mol. The second kappa shape index (κ2) is 6.20. The fraction of sp³-hybridized carbons (Fsp3) is 0.182. The fourth-order valence-electron chi connectivity index (χ4n) is 3.60. The van der Waals surface area contributed by atoms with Crippen LogP contribution in [-0.4, -0.2) is 4.98 Å². The Kier molecular flexibility index (Phi) is 3.85. The molecule has 2 heterocycles. The Bertz CT molecular complexity index is 1160. The van der Waals surface area contributed by atoms with Gasteiger partial charge < -0.3 is 0 Å². The van der Waals surface area contributed by atoms with Gasteiger partial charge in [0.05, 0.1) is 5.69 Å². The van der Waals surface area contributed by atoms with Gasteiger partial charge in [0.25, 0.3) is 0 Å². The molecule has 0 saturated carbocycles. The van der Waals surface area contributed by atoms with Crippen molar-refractivity contribution in [3.63, 3.8) is 0 Å². The van der Waals surface area contributed by atoms with Gasteiger partial charge in [-0.05, 0) is 50.1 Å². The number of nitrogens with one attached hydrogen (secondary N) is 2. The molecule has 0 aliphatic carbocycles. The number of aryl methyl sites for hydroxylation is 1. The van der Waals surface area contributed by atoms with E-state index in [1.165, 1.54) is 5.56 Å². The van der Waals surface area contributed by atoms with Gasteiger partial charge in [0, 0.05) is 5.56 Å². The number of para-hydroxylation sites is 2. The van der Waals surface area contributed by atoms with Crippen LogP contribution in [0.15, 0.2) is 48.5 Å². The van der Waals surface area contributed by atoms with Crippen molar-refractivity contribution in [3.8, 4) is 6.07 Å². The summed E-state index contributed by atoms with van der Waals surface area (Å²) < 4.78 is 2.14. The summed E-state index contributed by atoms with van der Waals surface area (Å²) in [4.78, 5) is 3.43. The van der Waals surface area contributed by atoms with Gasteiger partial charge in [-0.25, -0.2) is 0 Å². The lowest BCUT2D eigenvalue weighted by atomic mass is 10.0. The SMILES string of the molecule is CCc1c(C)c(C#N)c2[nH]c3ccccc3[n+]2c1Nc1ccc(C)cc1. The maximum atomic E-state index is 9.77. The molecule has 0 aliphatic heterocycles. The van der Waals surface area contributed by atoms with Crippen LogP contribution in [0, 0.1) is 25.2 Å². The van der Waals surface area contributed by atoms with Gasteiger partial charge >= 0.3 is 0 Å². The molecule has 0 bridgehead atoms. The number of benzene rings is 2. The number of hydrogen-bond donors (Lipinski definition) is 2. The number of nitriles is 1. The van der Waals surface area contributed by atoms with Gasteiger partial charge in [-0.15, -0.1) is 0 Å². The highest BCUT2D eigenvalue weighted by Gasteiger charge is 2.25. The number of anilines is 2. The first-order valence-electron chi connectivity index (χ1n) is 8.85. The lowest BCUT2D eigenvalue weighted by molar-refractivity contribution is -0.465. The summed E-state index contributed by atoms with van der Waals surface area (Å²) >= 11 is 0. The zero-order valence-electron chi connectivity index (χ0n) is 15.2. The summed E-state index contributed by atoms with van der Waals surface area (Å²) in [7, 11) is 0. The normalized spacial score (nSPS) is 11.0. The van der Waals surface area contributed by atoms with Crippen molar-refractivity contribution in [2.24, 2.45) is 0 Å². The number of pyridine rings is 1. The van der Waals surface area contributed by atoms with Crippen molar-refractivity contribution in [1.82, 2.24) is 4.98 Å². The molecule has 4 aromatic rings. The van der Waals surface area contributed by atoms with E-state index in [0.29, 0.717) is 5.56 Å². The van der Waals surface area contributed by atoms with Gasteiger partial charge in [0.2, 0.25) is 11.5 Å². The van der Waals surface area contributed by atoms with Crippen LogP contribution in [0.3, 0.4) is 0 Å². The Balaban J connectivity index is 2.09. The van der Waals surface area contributed by atoms with Gasteiger partial charge in [-0.2, -0.15) is 9.66 Å². The van der Waals surface area contributed by atoms with Gasteiger partial charge in [0.1, 0.15) is 22.7 Å². The molecule has 0 radical (unpaired) electrons. The van der Waals surface area contributed by atoms with E-state index in [9.17, 15) is 5.26 Å². The molecular formula is C22H21N4+. The molecule has 0 unspecified atom stereocenters. The first-order valence-corrected chi connectivity index (χ1v) is 8.85. The molecule has 2 aromatic heterocycles. The van der Waals surface area contributed by atoms with Crippen molar-refractivity contribution < 1.29 is 4.40 Å². The number of aromatic amines is 1. The van der Waals surface area contributed by atoms with Crippen molar-refractivity contribution in [1.29, 1.82) is 5.26 Å². The summed E-state index contributed by atoms with van der Waals surface area (Å²) in [6.45, 7) is 6.24. The number of fused-ring (bicyclic) bond motifs is 3. The predicted octanol–water partition coefficient (Wildman–Crippen LogP) is 4.70. The minimum Gasteiger partial charge on any atom is -0.273 e. The van der Waals surface area contributed by atoms with Crippen LogP contribution in [0.25, 0.3) is 16.7 Å². The maximum absolute atomic E-state index is 9.77. The number of nitrogens with zero attached hydrogens (tertiary/aromatic N) is 2. The molecular weight excluding hydrogens is 320 g/mol. The standard InChI is InChI=1S/C22H20N4/c1-4-17-15(3)18(13-23)22-25-19-7-5-6-8-20(19)26(22)21(17)24-16-11-9-14(2)10-12-16/h5-12H,4H2,1-3H3,(H,24,25)/p+1. The number of imidazole rings is 1. The minimum atomic E-state index is 0.701. The molecule has 0 amide bonds. The summed E-state index contributed by atoms with van der Waals surface area (Å²) in [6.07, 6.45) is 0.844. The van der Waals surface area contributed by atoms with Gasteiger partial charge in [-0.3, -0.25) is 10.3 Å². The number of hydrogen-bond acceptors (Lipinski definition) is 2. The first kappa shape index (κ1) is 16.2. The molecule has 128 valence electrons. The number of H-pyrrole nitrogens is 1. The summed E-state index contributed by atoms with van der Waals surface area (Å²) in [5.41, 5.74) is 8.05. The van der Waals surface area contributed by atoms with Crippen LogP contribution in [-0.2, 0) is 6.42 Å². The first-order chi connectivity index (χ1) is 12.6. The Morgan fingerprint density at radius 3 is 2.50 bits per heavy atom. The molecule has 0 fully saturated rings. The molecule has 0 saturated heterocycles. The van der Waals surface area contributed by atoms with E-state index < -0.39 is 0 Å². The molecule has 4 heteroatoms. The molecule has 4 rings (SSSR count). The van der Waals surface area contributed by atoms with Crippen LogP contribution in [0.1, 0.15) is 29.2 Å². The van der Waals surface area contributed by atoms with Crippen LogP contribution >= 0.6 is 0 Å². The quantitative estimate of drug-likeness (QED) is 0.531. The molecule has 2 N–H and O–H groups in total. The minimum absolute atomic E-state index is 0.701. The number of aromatic nitrogens is 2. The second-order valence-electron chi connectivity index (χ2n) is 6.61. The Labute approximate surface area is 152 Å². The average Bonchev–Trinajstić information content (AvgIpc) is 3.03. The van der Waals surface area contributed by atoms with Crippen molar-refractivity contribution in [2.45, 2.75) is 27.2 Å². The second-order valence-corrected chi connectivity index (χ2v) is 6.61. The zero-order chi connectivity index (χ0) is 18.3. The van der Waals surface area contributed by atoms with E-state index in [1.54, 1.807) is 0 Å². The van der Waals surface area contributed by atoms with E-state index in [0.717, 1.165) is 45.7 Å². The summed E-state index contributed by atoms with van der Waals surface area (Å²) in [6, 6.07) is 18.9. The molecule has 2 aromatic carbocycles. The van der Waals surface area contributed by atoms with Crippen molar-refractivity contribution in [2.75, 3.05) is 5.32 Å². The molecule has 0 aliphatic rings. The van der Waals surface area contributed by atoms with Crippen LogP contribution in [0.4, 0.5) is 11.5 Å². The third-order valence-corrected chi connectivity index (χ3v) is 4.98. The molecule has 4 nitrogen and oxygen atoms in total. The monoisotopic (exact) mass is 341 g/mol. The highest BCUT2D eigenvalue weighted by atomic mass is 15.1. The van der Waals surface area contributed by atoms with E-state index in [2.05, 4.69) is 64.9 Å². The third-order valence-electron chi connectivity index (χ3n) is 4.98. The van der Waals surface area contributed by atoms with Crippen LogP contribution in [0.2, 0.25) is 0 Å². The maximum Gasteiger partial charge on any atom is 0.250 e. The van der Waals surface area contributed by atoms with Gasteiger partial charge in [0.15, 0.2) is 0 Å². The average molecular weight is 341 g/mol. The largest absolute Gasteiger partial charge is 0.273 e. The Morgan fingerprint density at radius 2 is 1.81 bits per heavy atom. The van der Waals surface area contributed by atoms with E-state index in [1.807, 2.05) is 25.1 Å². The smallest absolute Gasteiger partial charge is 0.250 e. The Morgan fingerprint density at radius 1 is 1.08 bits per heavy atom. The lowest BCUT2D eigenvalue weighted by Crippen LogP contribution is -2.28. The topological polar surface area (TPSA) is 55.7 Å². The van der Waals surface area contributed by atoms with Crippen LogP contribution in [0.5, 0.6) is 0 Å². The molecule has 0 spiro atoms. The Hall–Kier alpha value is -3.32. The molecule has 26 heavy (non-hydrogen) atoms. The van der Waals surface area contributed by atoms with Crippen molar-refractivity contribution >= 4 is 28.2 Å². The third kappa shape index (κ3) is 2.41. The molecule has 0 atom stereocenters. The summed E-state index contributed by atoms with van der Waals surface area (Å²) in [5.74, 6) is 1.01. The van der Waals surface area contributed by atoms with Gasteiger partial charge in [-0.1, -0.05) is 36.8 Å². The van der Waals surface area contributed by atoms with E-state index >= 15 is 0 Å².